The van der Waals surface area contributed by atoms with Gasteiger partial charge in [-0.05, 0) is 56.7 Å². The smallest absolute Gasteiger partial charge is 0.249 e. The highest BCUT2D eigenvalue weighted by Gasteiger charge is 2.24. The number of rotatable bonds is 12. The number of hydrogen-bond donors (Lipinski definition) is 2. The summed E-state index contributed by atoms with van der Waals surface area (Å²) in [6, 6.07) is 7.39. The van der Waals surface area contributed by atoms with Crippen LogP contribution >= 0.6 is 0 Å². The van der Waals surface area contributed by atoms with Gasteiger partial charge in [0.25, 0.3) is 0 Å². The Morgan fingerprint density at radius 3 is 2.50 bits per heavy atom. The predicted octanol–water partition coefficient (Wildman–Crippen LogP) is 4.35. The quantitative estimate of drug-likeness (QED) is 0.530. The van der Waals surface area contributed by atoms with Crippen molar-refractivity contribution in [2.45, 2.75) is 78.4 Å². The molecule has 168 valence electrons. The first-order valence-electron chi connectivity index (χ1n) is 11.5. The second-order valence-corrected chi connectivity index (χ2v) is 8.63. The monoisotopic (exact) mass is 417 g/mol. The Labute approximate surface area is 181 Å². The van der Waals surface area contributed by atoms with Gasteiger partial charge in [0.15, 0.2) is 0 Å². The summed E-state index contributed by atoms with van der Waals surface area (Å²) in [6.45, 7) is 10.7. The number of benzene rings is 1. The van der Waals surface area contributed by atoms with Crippen molar-refractivity contribution < 1.29 is 14.3 Å². The molecule has 1 aliphatic rings. The van der Waals surface area contributed by atoms with Gasteiger partial charge < -0.3 is 20.3 Å². The largest absolute Gasteiger partial charge is 0.371 e. The summed E-state index contributed by atoms with van der Waals surface area (Å²) in [5.74, 6) is 0.116. The predicted molar refractivity (Wildman–Crippen MR) is 123 cm³/mol. The Bertz CT molecular complexity index is 671. The second-order valence-electron chi connectivity index (χ2n) is 8.63. The molecule has 0 radical (unpaired) electrons. The van der Waals surface area contributed by atoms with Crippen LogP contribution in [0.25, 0.3) is 0 Å². The summed E-state index contributed by atoms with van der Waals surface area (Å²) in [6.07, 6.45) is 5.19. The lowest BCUT2D eigenvalue weighted by atomic mass is 10.1. The van der Waals surface area contributed by atoms with Gasteiger partial charge in [-0.25, -0.2) is 0 Å². The van der Waals surface area contributed by atoms with Gasteiger partial charge >= 0.3 is 0 Å². The highest BCUT2D eigenvalue weighted by Crippen LogP contribution is 2.23. The Hall–Kier alpha value is -2.08. The summed E-state index contributed by atoms with van der Waals surface area (Å²) in [5.41, 5.74) is 1.90. The number of carbonyl (C=O) groups is 2. The van der Waals surface area contributed by atoms with E-state index in [0.29, 0.717) is 18.9 Å². The first-order valence-corrected chi connectivity index (χ1v) is 11.5. The lowest BCUT2D eigenvalue weighted by Gasteiger charge is -2.22. The zero-order valence-corrected chi connectivity index (χ0v) is 19.1. The van der Waals surface area contributed by atoms with Crippen LogP contribution in [0.1, 0.15) is 66.2 Å². The maximum absolute atomic E-state index is 12.9. The van der Waals surface area contributed by atoms with Crippen molar-refractivity contribution in [3.63, 3.8) is 0 Å². The van der Waals surface area contributed by atoms with Crippen LogP contribution in [0.3, 0.4) is 0 Å². The Morgan fingerprint density at radius 1 is 1.10 bits per heavy atom. The average molecular weight is 418 g/mol. The second kappa shape index (κ2) is 12.6. The molecule has 30 heavy (non-hydrogen) atoms. The minimum absolute atomic E-state index is 0.176. The van der Waals surface area contributed by atoms with Crippen LogP contribution in [-0.2, 0) is 14.3 Å². The van der Waals surface area contributed by atoms with Gasteiger partial charge in [0, 0.05) is 31.1 Å². The van der Waals surface area contributed by atoms with E-state index in [4.69, 9.17) is 4.74 Å². The summed E-state index contributed by atoms with van der Waals surface area (Å²) in [4.78, 5) is 27.8. The number of hydrogen-bond acceptors (Lipinski definition) is 4. The van der Waals surface area contributed by atoms with Crippen molar-refractivity contribution in [2.24, 2.45) is 5.92 Å². The van der Waals surface area contributed by atoms with Gasteiger partial charge in [-0.15, -0.1) is 0 Å². The molecular weight excluding hydrogens is 378 g/mol. The van der Waals surface area contributed by atoms with Gasteiger partial charge in [0.2, 0.25) is 11.8 Å². The Morgan fingerprint density at radius 2 is 1.83 bits per heavy atom. The molecule has 1 aliphatic heterocycles. The number of anilines is 2. The lowest BCUT2D eigenvalue weighted by Crippen LogP contribution is -2.47. The van der Waals surface area contributed by atoms with Gasteiger partial charge in [-0.2, -0.15) is 0 Å². The maximum atomic E-state index is 12.9. The molecule has 2 unspecified atom stereocenters. The van der Waals surface area contributed by atoms with E-state index < -0.39 is 12.1 Å². The fraction of sp³-hybridized carbons (Fsp3) is 0.667. The zero-order chi connectivity index (χ0) is 21.9. The molecule has 1 aromatic carbocycles. The van der Waals surface area contributed by atoms with Crippen LogP contribution < -0.4 is 15.5 Å². The third-order valence-electron chi connectivity index (χ3n) is 5.50. The van der Waals surface area contributed by atoms with Crippen LogP contribution in [0, 0.1) is 5.92 Å². The zero-order valence-electron chi connectivity index (χ0n) is 19.1. The number of carbonyl (C=O) groups excluding carboxylic acids is 2. The number of unbranched alkanes of at least 4 members (excludes halogenated alkanes) is 1. The van der Waals surface area contributed by atoms with E-state index in [1.165, 1.54) is 12.8 Å². The normalized spacial score (nSPS) is 15.8. The van der Waals surface area contributed by atoms with Crippen molar-refractivity contribution >= 4 is 23.2 Å². The van der Waals surface area contributed by atoms with E-state index in [9.17, 15) is 9.59 Å². The fourth-order valence-corrected chi connectivity index (χ4v) is 3.51. The molecular formula is C24H39N3O3. The van der Waals surface area contributed by atoms with Crippen molar-refractivity contribution in [2.75, 3.05) is 29.9 Å². The number of ether oxygens (including phenoxy) is 1. The average Bonchev–Trinajstić information content (AvgIpc) is 3.25. The van der Waals surface area contributed by atoms with Crippen LogP contribution in [0.2, 0.25) is 0 Å². The van der Waals surface area contributed by atoms with Gasteiger partial charge in [-0.1, -0.05) is 39.7 Å². The molecule has 2 rings (SSSR count). The van der Waals surface area contributed by atoms with E-state index in [0.717, 1.165) is 43.7 Å². The first kappa shape index (κ1) is 24.2. The first-order chi connectivity index (χ1) is 14.4. The maximum Gasteiger partial charge on any atom is 0.249 e. The minimum atomic E-state index is -0.570. The van der Waals surface area contributed by atoms with E-state index in [2.05, 4.69) is 42.4 Å². The van der Waals surface area contributed by atoms with Crippen molar-refractivity contribution in [1.82, 2.24) is 5.32 Å². The molecule has 0 spiro atoms. The molecule has 6 nitrogen and oxygen atoms in total. The van der Waals surface area contributed by atoms with E-state index >= 15 is 0 Å². The molecule has 2 N–H and O–H groups in total. The van der Waals surface area contributed by atoms with Crippen LogP contribution in [0.4, 0.5) is 11.4 Å². The summed E-state index contributed by atoms with van der Waals surface area (Å²) < 4.78 is 5.64. The molecule has 6 heteroatoms. The molecule has 0 saturated carbocycles. The van der Waals surface area contributed by atoms with Crippen molar-refractivity contribution in [3.05, 3.63) is 24.3 Å². The number of amides is 2. The molecule has 0 aromatic heterocycles. The van der Waals surface area contributed by atoms with Crippen LogP contribution in [0.5, 0.6) is 0 Å². The van der Waals surface area contributed by atoms with E-state index in [1.807, 2.05) is 18.2 Å². The highest BCUT2D eigenvalue weighted by molar-refractivity contribution is 5.98. The molecule has 1 heterocycles. The Balaban J connectivity index is 1.95. The number of nitrogens with zero attached hydrogens (tertiary/aromatic N) is 1. The van der Waals surface area contributed by atoms with E-state index in [1.54, 1.807) is 6.92 Å². The molecule has 1 saturated heterocycles. The molecule has 2 amide bonds. The van der Waals surface area contributed by atoms with Gasteiger partial charge in [0.1, 0.15) is 12.1 Å². The molecule has 2 atom stereocenters. The topological polar surface area (TPSA) is 70.7 Å². The molecule has 1 aromatic rings. The SMILES string of the molecule is CCCCC(NC(=O)C(C)OCCC(C)C)C(=O)Nc1cccc(N2CCCC2)c1. The van der Waals surface area contributed by atoms with E-state index in [-0.39, 0.29) is 11.8 Å². The highest BCUT2D eigenvalue weighted by atomic mass is 16.5. The summed E-state index contributed by atoms with van der Waals surface area (Å²) in [5, 5.41) is 5.89. The lowest BCUT2D eigenvalue weighted by molar-refractivity contribution is -0.135. The van der Waals surface area contributed by atoms with Crippen molar-refractivity contribution in [1.29, 1.82) is 0 Å². The molecule has 0 aliphatic carbocycles. The fourth-order valence-electron chi connectivity index (χ4n) is 3.51. The van der Waals surface area contributed by atoms with Crippen molar-refractivity contribution in [3.8, 4) is 0 Å². The van der Waals surface area contributed by atoms with Gasteiger partial charge in [-0.3, -0.25) is 9.59 Å². The molecule has 1 fully saturated rings. The summed E-state index contributed by atoms with van der Waals surface area (Å²) in [7, 11) is 0. The standard InChI is InChI=1S/C24H39N3O3/c1-5-6-12-22(26-23(28)19(4)30-16-13-18(2)3)24(29)25-20-10-9-11-21(17-20)27-14-7-8-15-27/h9-11,17-19,22H,5-8,12-16H2,1-4H3,(H,25,29)(H,26,28). The Kier molecular flexibility index (Phi) is 10.1. The number of nitrogens with one attached hydrogen (secondary N) is 2. The molecule has 0 bridgehead atoms. The minimum Gasteiger partial charge on any atom is -0.371 e. The van der Waals surface area contributed by atoms with Gasteiger partial charge in [0.05, 0.1) is 0 Å². The third-order valence-corrected chi connectivity index (χ3v) is 5.50. The third kappa shape index (κ3) is 7.98. The van der Waals surface area contributed by atoms with Crippen LogP contribution in [-0.4, -0.2) is 43.7 Å². The van der Waals surface area contributed by atoms with Crippen LogP contribution in [0.15, 0.2) is 24.3 Å². The summed E-state index contributed by atoms with van der Waals surface area (Å²) >= 11 is 0.